The van der Waals surface area contributed by atoms with E-state index < -0.39 is 31.5 Å². The number of fused-ring (bicyclic) bond motifs is 2. The molecular formula is C38H48FN6O7PS. The summed E-state index contributed by atoms with van der Waals surface area (Å²) in [4.78, 5) is 75.2. The van der Waals surface area contributed by atoms with Crippen LogP contribution in [0, 0.1) is 0 Å². The fourth-order valence-electron chi connectivity index (χ4n) is 9.44. The molecule has 0 radical (unpaired) electrons. The van der Waals surface area contributed by atoms with Crippen LogP contribution in [-0.4, -0.2) is 124 Å². The first-order valence-corrected chi connectivity index (χ1v) is 21.4. The summed E-state index contributed by atoms with van der Waals surface area (Å²) in [6, 6.07) is 6.31. The maximum atomic E-state index is 14.8. The molecule has 1 aromatic carbocycles. The summed E-state index contributed by atoms with van der Waals surface area (Å²) in [5.74, 6) is -3.03. The Morgan fingerprint density at radius 3 is 2.57 bits per heavy atom. The lowest BCUT2D eigenvalue weighted by molar-refractivity contribution is -0.148. The number of carbonyl (C=O) groups is 3. The number of likely N-dealkylation sites (tertiary alicyclic amines) is 1. The lowest BCUT2D eigenvalue weighted by Gasteiger charge is -2.42. The zero-order chi connectivity index (χ0) is 37.9. The van der Waals surface area contributed by atoms with Crippen molar-refractivity contribution < 1.29 is 37.9 Å². The van der Waals surface area contributed by atoms with Crippen molar-refractivity contribution in [2.45, 2.75) is 92.9 Å². The van der Waals surface area contributed by atoms with E-state index in [9.17, 15) is 33.1 Å². The molecule has 3 amide bonds. The van der Waals surface area contributed by atoms with Crippen molar-refractivity contribution in [3.8, 4) is 0 Å². The van der Waals surface area contributed by atoms with Crippen molar-refractivity contribution in [3.05, 3.63) is 58.7 Å². The van der Waals surface area contributed by atoms with Gasteiger partial charge in [0.25, 0.3) is 5.91 Å². The molecule has 4 saturated heterocycles. The van der Waals surface area contributed by atoms with Gasteiger partial charge >= 0.3 is 7.60 Å². The summed E-state index contributed by atoms with van der Waals surface area (Å²) in [5, 5.41) is 3.49. The molecule has 8 rings (SSSR count). The first-order valence-electron chi connectivity index (χ1n) is 18.9. The molecule has 1 spiro atoms. The largest absolute Gasteiger partial charge is 0.379 e. The topological polar surface area (TPSA) is 156 Å². The first kappa shape index (κ1) is 37.5. The van der Waals surface area contributed by atoms with Crippen molar-refractivity contribution >= 4 is 52.4 Å². The van der Waals surface area contributed by atoms with Crippen LogP contribution in [0.25, 0.3) is 10.1 Å². The van der Waals surface area contributed by atoms with Gasteiger partial charge in [0.2, 0.25) is 17.7 Å². The summed E-state index contributed by atoms with van der Waals surface area (Å²) in [5.41, 5.74) is 1.86. The number of nitrogens with one attached hydrogen (secondary N) is 1. The van der Waals surface area contributed by atoms with Crippen molar-refractivity contribution in [1.29, 1.82) is 0 Å². The summed E-state index contributed by atoms with van der Waals surface area (Å²) < 4.78 is 32.3. The molecule has 6 atom stereocenters. The second-order valence-electron chi connectivity index (χ2n) is 15.9. The van der Waals surface area contributed by atoms with Crippen LogP contribution in [0.15, 0.2) is 42.7 Å². The number of thiophene rings is 1. The Hall–Kier alpha value is -3.46. The number of ether oxygens (including phenoxy) is 1. The lowest BCUT2D eigenvalue weighted by Crippen LogP contribution is -2.59. The smallest absolute Gasteiger partial charge is 0.363 e. The van der Waals surface area contributed by atoms with E-state index in [1.807, 2.05) is 31.3 Å². The van der Waals surface area contributed by atoms with Crippen molar-refractivity contribution in [1.82, 2.24) is 25.0 Å². The van der Waals surface area contributed by atoms with Gasteiger partial charge in [0, 0.05) is 80.1 Å². The van der Waals surface area contributed by atoms with E-state index in [4.69, 9.17) is 4.74 Å². The standard InChI is InChI=1S/C38H48FN6O7PS/c1-42(2)30-9-12-40-21-28(30)25-20-38(10-11-38)44(22-25)37(48)31-7-5-27-19-26(43-13-15-52-16-14-43)4-6-29(36(47)45(27)31)41-35(46)33-18-24-17-23(3-8-32(24)54-33)34(39)53(49,50)51/h3,8-9,12,17-18,21,25-27,29,31,34H,4-7,10-11,13-16,19-20,22H2,1-2H3,(H,41,46)(H2,49,50,51)/t25-,26-,27+,29-,31-,34+/m0/s1. The molecule has 3 aromatic rings. The van der Waals surface area contributed by atoms with Crippen LogP contribution in [-0.2, 0) is 18.9 Å². The van der Waals surface area contributed by atoms with E-state index in [-0.39, 0.29) is 40.9 Å². The van der Waals surface area contributed by atoms with Crippen LogP contribution in [0.5, 0.6) is 0 Å². The van der Waals surface area contributed by atoms with Gasteiger partial charge < -0.3 is 34.5 Å². The lowest BCUT2D eigenvalue weighted by atomic mass is 9.93. The monoisotopic (exact) mass is 782 g/mol. The number of carbonyl (C=O) groups excluding carboxylic acids is 3. The number of alkyl halides is 1. The number of nitrogens with zero attached hydrogens (tertiary/aromatic N) is 5. The van der Waals surface area contributed by atoms with Gasteiger partial charge in [-0.15, -0.1) is 11.3 Å². The molecule has 2 aromatic heterocycles. The Kier molecular flexibility index (Phi) is 10.1. The number of halogens is 1. The third kappa shape index (κ3) is 7.07. The van der Waals surface area contributed by atoms with Crippen LogP contribution < -0.4 is 10.2 Å². The Balaban J connectivity index is 1.05. The fraction of sp³-hybridized carbons (Fsp3) is 0.579. The Morgan fingerprint density at radius 2 is 1.85 bits per heavy atom. The van der Waals surface area contributed by atoms with Crippen LogP contribution in [0.2, 0.25) is 0 Å². The van der Waals surface area contributed by atoms with E-state index in [0.717, 1.165) is 61.4 Å². The highest BCUT2D eigenvalue weighted by Crippen LogP contribution is 2.56. The van der Waals surface area contributed by atoms with Gasteiger partial charge in [-0.05, 0) is 92.1 Å². The number of aromatic nitrogens is 1. The second-order valence-corrected chi connectivity index (χ2v) is 18.6. The molecule has 5 fully saturated rings. The highest BCUT2D eigenvalue weighted by Gasteiger charge is 2.59. The van der Waals surface area contributed by atoms with Crippen LogP contribution in [0.4, 0.5) is 10.1 Å². The predicted octanol–water partition coefficient (Wildman–Crippen LogP) is 4.40. The zero-order valence-electron chi connectivity index (χ0n) is 30.6. The molecule has 16 heteroatoms. The number of anilines is 1. The molecule has 3 N–H and O–H groups in total. The normalized spacial score (nSPS) is 27.8. The highest BCUT2D eigenvalue weighted by molar-refractivity contribution is 7.51. The van der Waals surface area contributed by atoms with E-state index >= 15 is 0 Å². The van der Waals surface area contributed by atoms with Gasteiger partial charge in [0.05, 0.1) is 18.1 Å². The Labute approximate surface area is 318 Å². The third-order valence-corrected chi connectivity index (χ3v) is 14.3. The number of morpholine rings is 1. The molecule has 6 heterocycles. The van der Waals surface area contributed by atoms with Gasteiger partial charge in [-0.3, -0.25) is 28.8 Å². The van der Waals surface area contributed by atoms with E-state index in [1.54, 1.807) is 18.3 Å². The van der Waals surface area contributed by atoms with Gasteiger partial charge in [-0.1, -0.05) is 6.07 Å². The number of hydrogen-bond acceptors (Lipinski definition) is 9. The summed E-state index contributed by atoms with van der Waals surface area (Å²) in [6.45, 7) is 3.44. The van der Waals surface area contributed by atoms with Gasteiger partial charge in [0.15, 0.2) is 0 Å². The van der Waals surface area contributed by atoms with Gasteiger partial charge in [0.1, 0.15) is 12.1 Å². The molecule has 0 unspecified atom stereocenters. The van der Waals surface area contributed by atoms with Crippen molar-refractivity contribution in [3.63, 3.8) is 0 Å². The van der Waals surface area contributed by atoms with Gasteiger partial charge in [-0.2, -0.15) is 0 Å². The van der Waals surface area contributed by atoms with Crippen LogP contribution in [0.1, 0.15) is 84.0 Å². The third-order valence-electron chi connectivity index (χ3n) is 12.3. The number of pyridine rings is 1. The minimum Gasteiger partial charge on any atom is -0.379 e. The number of hydrogen-bond donors (Lipinski definition) is 3. The predicted molar refractivity (Wildman–Crippen MR) is 202 cm³/mol. The summed E-state index contributed by atoms with van der Waals surface area (Å²) in [6.07, 6.45) is 9.62. The van der Waals surface area contributed by atoms with E-state index in [2.05, 4.69) is 25.0 Å². The molecule has 0 bridgehead atoms. The quantitative estimate of drug-likeness (QED) is 0.280. The number of amides is 3. The molecule has 1 aliphatic carbocycles. The van der Waals surface area contributed by atoms with Crippen LogP contribution in [0.3, 0.4) is 0 Å². The average Bonchev–Trinajstić information content (AvgIpc) is 3.45. The first-order chi connectivity index (χ1) is 25.8. The minimum absolute atomic E-state index is 0.00324. The minimum atomic E-state index is -5.01. The SMILES string of the molecule is CN(C)c1ccncc1[C@@H]1CN(C(=O)[C@@H]2CC[C@@H]3C[C@@H](N4CCOCC4)CC[C@H](NC(=O)c4cc5cc([C@H](F)P(=O)(O)O)ccc5s4)C(=O)N32)C2(CC2)C1. The molecular weight excluding hydrogens is 734 g/mol. The summed E-state index contributed by atoms with van der Waals surface area (Å²) >= 11 is 1.16. The van der Waals surface area contributed by atoms with Crippen LogP contribution >= 0.6 is 18.9 Å². The maximum Gasteiger partial charge on any atom is 0.363 e. The highest BCUT2D eigenvalue weighted by atomic mass is 32.1. The second kappa shape index (κ2) is 14.6. The molecule has 5 aliphatic rings. The zero-order valence-corrected chi connectivity index (χ0v) is 32.3. The van der Waals surface area contributed by atoms with Crippen molar-refractivity contribution in [2.24, 2.45) is 0 Å². The van der Waals surface area contributed by atoms with Gasteiger partial charge in [-0.25, -0.2) is 4.39 Å². The molecule has 290 valence electrons. The Morgan fingerprint density at radius 1 is 1.09 bits per heavy atom. The molecule has 54 heavy (non-hydrogen) atoms. The maximum absolute atomic E-state index is 14.8. The molecule has 1 saturated carbocycles. The van der Waals surface area contributed by atoms with E-state index in [1.165, 1.54) is 12.1 Å². The molecule has 13 nitrogen and oxygen atoms in total. The number of rotatable bonds is 8. The van der Waals surface area contributed by atoms with Crippen molar-refractivity contribution in [2.75, 3.05) is 51.8 Å². The fourth-order valence-corrected chi connectivity index (χ4v) is 10.9. The Bertz CT molecular complexity index is 1980. The average molecular weight is 783 g/mol. The molecule has 4 aliphatic heterocycles. The number of benzene rings is 1. The van der Waals surface area contributed by atoms with E-state index in [0.29, 0.717) is 60.4 Å². The summed E-state index contributed by atoms with van der Waals surface area (Å²) in [7, 11) is -0.973.